The molecule has 0 aromatic rings. The van der Waals surface area contributed by atoms with Gasteiger partial charge in [0.15, 0.2) is 0 Å². The van der Waals surface area contributed by atoms with E-state index in [1.54, 1.807) is 0 Å². The number of likely N-dealkylation sites (tertiary alicyclic amines) is 1. The second-order valence-corrected chi connectivity index (χ2v) is 3.95. The molecule has 0 bridgehead atoms. The summed E-state index contributed by atoms with van der Waals surface area (Å²) in [5, 5.41) is 0. The molecule has 0 aromatic carbocycles. The molecule has 1 heterocycles. The molecule has 0 saturated carbocycles. The summed E-state index contributed by atoms with van der Waals surface area (Å²) >= 11 is 0. The zero-order chi connectivity index (χ0) is 12.6. The van der Waals surface area contributed by atoms with Gasteiger partial charge in [0.05, 0.1) is 0 Å². The largest absolute Gasteiger partial charge is 0.453 e. The molecule has 1 aliphatic rings. The minimum atomic E-state index is -5.55. The summed E-state index contributed by atoms with van der Waals surface area (Å²) in [5.41, 5.74) is 0. The van der Waals surface area contributed by atoms with Crippen LogP contribution in [0.25, 0.3) is 0 Å². The number of carbonyl (C=O) groups excluding carboxylic acids is 1. The number of amides is 1. The van der Waals surface area contributed by atoms with E-state index in [1.807, 2.05) is 0 Å². The Bertz CT molecular complexity index is 276. The lowest BCUT2D eigenvalue weighted by Crippen LogP contribution is -2.44. The number of rotatable bonds is 3. The molecule has 0 radical (unpaired) electrons. The molecule has 1 saturated heterocycles. The van der Waals surface area contributed by atoms with Crippen molar-refractivity contribution in [3.63, 3.8) is 0 Å². The van der Waals surface area contributed by atoms with Gasteiger partial charge in [-0.2, -0.15) is 22.0 Å². The van der Waals surface area contributed by atoms with Crippen molar-refractivity contribution in [3.8, 4) is 0 Å². The van der Waals surface area contributed by atoms with E-state index in [0.29, 0.717) is 6.42 Å². The van der Waals surface area contributed by atoms with Crippen LogP contribution in [-0.4, -0.2) is 35.5 Å². The Hall–Kier alpha value is -0.880. The van der Waals surface area contributed by atoms with Crippen molar-refractivity contribution in [3.05, 3.63) is 0 Å². The summed E-state index contributed by atoms with van der Waals surface area (Å²) in [5.74, 6) is -5.10. The van der Waals surface area contributed by atoms with E-state index >= 15 is 0 Å². The maximum absolute atomic E-state index is 12.7. The van der Waals surface area contributed by atoms with Crippen LogP contribution in [0, 0.1) is 0 Å². The van der Waals surface area contributed by atoms with Crippen molar-refractivity contribution in [2.24, 2.45) is 0 Å². The van der Waals surface area contributed by atoms with E-state index in [-0.39, 0.29) is 18.9 Å². The third-order valence-electron chi connectivity index (χ3n) is 2.61. The Kier molecular flexibility index (Phi) is 3.44. The number of carbonyl (C=O) groups is 1. The van der Waals surface area contributed by atoms with Crippen molar-refractivity contribution in [1.29, 1.82) is 0 Å². The Morgan fingerprint density at radius 1 is 1.31 bits per heavy atom. The number of hydrogen-bond acceptors (Lipinski definition) is 1. The van der Waals surface area contributed by atoms with Crippen molar-refractivity contribution in [1.82, 2.24) is 4.90 Å². The summed E-state index contributed by atoms with van der Waals surface area (Å²) in [6, 6.07) is -1.09. The zero-order valence-electron chi connectivity index (χ0n) is 8.65. The summed E-state index contributed by atoms with van der Waals surface area (Å²) in [7, 11) is 0. The first-order chi connectivity index (χ1) is 7.15. The van der Waals surface area contributed by atoms with Gasteiger partial charge in [0.1, 0.15) is 0 Å². The molecule has 1 atom stereocenters. The van der Waals surface area contributed by atoms with Crippen LogP contribution >= 0.6 is 0 Å². The molecule has 0 N–H and O–H groups in total. The molecule has 1 unspecified atom stereocenters. The second-order valence-electron chi connectivity index (χ2n) is 3.95. The molecular weight excluding hydrogens is 233 g/mol. The minimum absolute atomic E-state index is 0.224. The average Bonchev–Trinajstić information content (AvgIpc) is 2.48. The van der Waals surface area contributed by atoms with Crippen LogP contribution in [0.1, 0.15) is 26.2 Å². The van der Waals surface area contributed by atoms with E-state index in [2.05, 4.69) is 0 Å². The fourth-order valence-electron chi connectivity index (χ4n) is 1.73. The Balaban J connectivity index is 2.63. The van der Waals surface area contributed by atoms with Crippen molar-refractivity contribution >= 4 is 5.91 Å². The van der Waals surface area contributed by atoms with Gasteiger partial charge < -0.3 is 4.90 Å². The van der Waals surface area contributed by atoms with E-state index in [9.17, 15) is 26.7 Å². The lowest BCUT2D eigenvalue weighted by molar-refractivity contribution is -0.287. The number of alkyl halides is 5. The van der Waals surface area contributed by atoms with E-state index in [4.69, 9.17) is 0 Å². The van der Waals surface area contributed by atoms with Gasteiger partial charge in [-0.25, -0.2) is 0 Å². The predicted octanol–water partition coefficient (Wildman–Crippen LogP) is 2.59. The van der Waals surface area contributed by atoms with E-state index in [0.717, 1.165) is 4.90 Å². The SMILES string of the molecule is CC(CC(F)(F)C(F)(F)F)N1CCCC1=O. The Morgan fingerprint density at radius 2 is 1.88 bits per heavy atom. The molecule has 0 aromatic heterocycles. The first kappa shape index (κ1) is 13.2. The molecule has 1 fully saturated rings. The van der Waals surface area contributed by atoms with Crippen LogP contribution in [0.3, 0.4) is 0 Å². The summed E-state index contributed by atoms with van der Waals surface area (Å²) < 4.78 is 61.2. The van der Waals surface area contributed by atoms with Crippen LogP contribution in [0.4, 0.5) is 22.0 Å². The van der Waals surface area contributed by atoms with E-state index in [1.165, 1.54) is 6.92 Å². The van der Waals surface area contributed by atoms with Crippen LogP contribution in [0.5, 0.6) is 0 Å². The highest BCUT2D eigenvalue weighted by molar-refractivity contribution is 5.78. The maximum atomic E-state index is 12.7. The third kappa shape index (κ3) is 2.62. The van der Waals surface area contributed by atoms with Gasteiger partial charge in [0.25, 0.3) is 0 Å². The summed E-state index contributed by atoms with van der Waals surface area (Å²) in [6.07, 6.45) is -6.19. The average molecular weight is 245 g/mol. The highest BCUT2D eigenvalue weighted by atomic mass is 19.4. The summed E-state index contributed by atoms with van der Waals surface area (Å²) in [4.78, 5) is 12.2. The molecule has 0 spiro atoms. The molecule has 16 heavy (non-hydrogen) atoms. The molecule has 2 nitrogen and oxygen atoms in total. The quantitative estimate of drug-likeness (QED) is 0.700. The normalized spacial score (nSPS) is 20.4. The molecular formula is C9H12F5NO. The van der Waals surface area contributed by atoms with Gasteiger partial charge in [0, 0.05) is 25.4 Å². The standard InChI is InChI=1S/C9H12F5NO/c1-6(15-4-2-3-7(15)16)5-8(10,11)9(12,13)14/h6H,2-5H2,1H3. The van der Waals surface area contributed by atoms with E-state index < -0.39 is 24.6 Å². The fourth-order valence-corrected chi connectivity index (χ4v) is 1.73. The maximum Gasteiger partial charge on any atom is 0.453 e. The molecule has 1 amide bonds. The van der Waals surface area contributed by atoms with Crippen LogP contribution in [0.2, 0.25) is 0 Å². The van der Waals surface area contributed by atoms with Gasteiger partial charge in [-0.1, -0.05) is 0 Å². The predicted molar refractivity (Wildman–Crippen MR) is 46.0 cm³/mol. The molecule has 94 valence electrons. The smallest absolute Gasteiger partial charge is 0.340 e. The highest BCUT2D eigenvalue weighted by Crippen LogP contribution is 2.39. The third-order valence-corrected chi connectivity index (χ3v) is 2.61. The zero-order valence-corrected chi connectivity index (χ0v) is 8.65. The molecule has 1 rings (SSSR count). The number of halogens is 5. The van der Waals surface area contributed by atoms with Gasteiger partial charge >= 0.3 is 12.1 Å². The van der Waals surface area contributed by atoms with Crippen LogP contribution in [0.15, 0.2) is 0 Å². The second kappa shape index (κ2) is 4.18. The monoisotopic (exact) mass is 245 g/mol. The lowest BCUT2D eigenvalue weighted by atomic mass is 10.1. The van der Waals surface area contributed by atoms with Gasteiger partial charge in [-0.3, -0.25) is 4.79 Å². The lowest BCUT2D eigenvalue weighted by Gasteiger charge is -2.29. The van der Waals surface area contributed by atoms with Crippen LogP contribution < -0.4 is 0 Å². The molecule has 1 aliphatic heterocycles. The topological polar surface area (TPSA) is 20.3 Å². The Labute approximate surface area is 89.4 Å². The number of hydrogen-bond donors (Lipinski definition) is 0. The van der Waals surface area contributed by atoms with Gasteiger partial charge in [-0.15, -0.1) is 0 Å². The minimum Gasteiger partial charge on any atom is -0.340 e. The summed E-state index contributed by atoms with van der Waals surface area (Å²) in [6.45, 7) is 1.47. The van der Waals surface area contributed by atoms with Gasteiger partial charge in [0.2, 0.25) is 5.91 Å². The van der Waals surface area contributed by atoms with Crippen LogP contribution in [-0.2, 0) is 4.79 Å². The van der Waals surface area contributed by atoms with Gasteiger partial charge in [-0.05, 0) is 13.3 Å². The molecule has 0 aliphatic carbocycles. The highest BCUT2D eigenvalue weighted by Gasteiger charge is 2.58. The van der Waals surface area contributed by atoms with Crippen molar-refractivity contribution < 1.29 is 26.7 Å². The van der Waals surface area contributed by atoms with Crippen molar-refractivity contribution in [2.45, 2.75) is 44.3 Å². The first-order valence-electron chi connectivity index (χ1n) is 4.89. The van der Waals surface area contributed by atoms with Crippen molar-refractivity contribution in [2.75, 3.05) is 6.54 Å². The first-order valence-corrected chi connectivity index (χ1v) is 4.89. The number of nitrogens with zero attached hydrogens (tertiary/aromatic N) is 1. The molecule has 7 heteroatoms. The Morgan fingerprint density at radius 3 is 2.25 bits per heavy atom. The fraction of sp³-hybridized carbons (Fsp3) is 0.889.